The number of carbonyl (C=O) groups is 1. The highest BCUT2D eigenvalue weighted by Gasteiger charge is 2.03. The molecule has 2 aromatic rings. The van der Waals surface area contributed by atoms with Gasteiger partial charge in [-0.05, 0) is 17.2 Å². The van der Waals surface area contributed by atoms with Crippen LogP contribution in [0.15, 0.2) is 61.2 Å². The maximum absolute atomic E-state index is 10.8. The lowest BCUT2D eigenvalue weighted by Gasteiger charge is -2.11. The first-order valence-electron chi connectivity index (χ1n) is 6.73. The Labute approximate surface area is 124 Å². The van der Waals surface area contributed by atoms with Crippen LogP contribution in [0.25, 0.3) is 5.76 Å². The molecule has 0 aliphatic carbocycles. The summed E-state index contributed by atoms with van der Waals surface area (Å²) in [7, 11) is 0. The Morgan fingerprint density at radius 1 is 0.952 bits per heavy atom. The van der Waals surface area contributed by atoms with Gasteiger partial charge in [0, 0.05) is 12.5 Å². The summed E-state index contributed by atoms with van der Waals surface area (Å²) in [5.74, 6) is 0.308. The second kappa shape index (κ2) is 7.29. The molecular formula is C18H18O3. The van der Waals surface area contributed by atoms with E-state index < -0.39 is 0 Å². The SMILES string of the molecule is C=C(OCc1ccccc1)c1cccc(COC(C)=O)c1. The van der Waals surface area contributed by atoms with Crippen LogP contribution in [0.3, 0.4) is 0 Å². The molecule has 2 rings (SSSR count). The van der Waals surface area contributed by atoms with Gasteiger partial charge in [0.2, 0.25) is 0 Å². The van der Waals surface area contributed by atoms with Crippen molar-refractivity contribution in [1.82, 2.24) is 0 Å². The summed E-state index contributed by atoms with van der Waals surface area (Å²) in [5, 5.41) is 0. The Morgan fingerprint density at radius 3 is 2.33 bits per heavy atom. The van der Waals surface area contributed by atoms with E-state index in [2.05, 4.69) is 6.58 Å². The molecule has 3 nitrogen and oxygen atoms in total. The second-order valence-electron chi connectivity index (χ2n) is 4.68. The fourth-order valence-electron chi connectivity index (χ4n) is 1.85. The molecule has 0 saturated carbocycles. The Balaban J connectivity index is 1.95. The van der Waals surface area contributed by atoms with E-state index in [9.17, 15) is 4.79 Å². The van der Waals surface area contributed by atoms with Crippen molar-refractivity contribution in [3.05, 3.63) is 77.9 Å². The Morgan fingerprint density at radius 2 is 1.62 bits per heavy atom. The number of hydrogen-bond donors (Lipinski definition) is 0. The van der Waals surface area contributed by atoms with E-state index in [1.807, 2.05) is 54.6 Å². The smallest absolute Gasteiger partial charge is 0.302 e. The lowest BCUT2D eigenvalue weighted by atomic mass is 10.1. The van der Waals surface area contributed by atoms with E-state index in [1.54, 1.807) is 0 Å². The number of hydrogen-bond acceptors (Lipinski definition) is 3. The number of rotatable bonds is 6. The van der Waals surface area contributed by atoms with Crippen LogP contribution in [0.2, 0.25) is 0 Å². The molecule has 0 atom stereocenters. The first-order valence-corrected chi connectivity index (χ1v) is 6.73. The van der Waals surface area contributed by atoms with Gasteiger partial charge in [-0.25, -0.2) is 0 Å². The number of ether oxygens (including phenoxy) is 2. The number of carbonyl (C=O) groups excluding carboxylic acids is 1. The number of esters is 1. The van der Waals surface area contributed by atoms with Crippen LogP contribution in [-0.2, 0) is 27.5 Å². The molecule has 0 N–H and O–H groups in total. The van der Waals surface area contributed by atoms with Crippen molar-refractivity contribution in [3.63, 3.8) is 0 Å². The molecule has 108 valence electrons. The molecule has 0 aliphatic heterocycles. The predicted molar refractivity (Wildman–Crippen MR) is 82.2 cm³/mol. The fraction of sp³-hybridized carbons (Fsp3) is 0.167. The van der Waals surface area contributed by atoms with Crippen molar-refractivity contribution in [2.45, 2.75) is 20.1 Å². The van der Waals surface area contributed by atoms with E-state index >= 15 is 0 Å². The highest BCUT2D eigenvalue weighted by Crippen LogP contribution is 2.18. The quantitative estimate of drug-likeness (QED) is 0.594. The monoisotopic (exact) mass is 282 g/mol. The lowest BCUT2D eigenvalue weighted by molar-refractivity contribution is -0.142. The van der Waals surface area contributed by atoms with Crippen LogP contribution >= 0.6 is 0 Å². The molecule has 0 bridgehead atoms. The van der Waals surface area contributed by atoms with Gasteiger partial charge in [-0.3, -0.25) is 4.79 Å². The van der Waals surface area contributed by atoms with Crippen molar-refractivity contribution < 1.29 is 14.3 Å². The zero-order valence-corrected chi connectivity index (χ0v) is 12.0. The summed E-state index contributed by atoms with van der Waals surface area (Å²) in [6.07, 6.45) is 0. The zero-order valence-electron chi connectivity index (χ0n) is 12.0. The fourth-order valence-corrected chi connectivity index (χ4v) is 1.85. The minimum atomic E-state index is -0.292. The highest BCUT2D eigenvalue weighted by molar-refractivity contribution is 5.66. The molecule has 0 unspecified atom stereocenters. The third-order valence-corrected chi connectivity index (χ3v) is 2.95. The van der Waals surface area contributed by atoms with Crippen LogP contribution in [0.1, 0.15) is 23.6 Å². The van der Waals surface area contributed by atoms with Gasteiger partial charge in [-0.15, -0.1) is 0 Å². The van der Waals surface area contributed by atoms with Crippen LogP contribution in [0.5, 0.6) is 0 Å². The first kappa shape index (κ1) is 14.9. The minimum Gasteiger partial charge on any atom is -0.489 e. The van der Waals surface area contributed by atoms with Crippen molar-refractivity contribution >= 4 is 11.7 Å². The average Bonchev–Trinajstić information content (AvgIpc) is 2.52. The average molecular weight is 282 g/mol. The third kappa shape index (κ3) is 4.80. The Kier molecular flexibility index (Phi) is 5.16. The summed E-state index contributed by atoms with van der Waals surface area (Å²) in [5.41, 5.74) is 2.89. The van der Waals surface area contributed by atoms with Crippen molar-refractivity contribution in [3.8, 4) is 0 Å². The highest BCUT2D eigenvalue weighted by atomic mass is 16.5. The van der Waals surface area contributed by atoms with Crippen LogP contribution in [0, 0.1) is 0 Å². The van der Waals surface area contributed by atoms with Crippen LogP contribution in [-0.4, -0.2) is 5.97 Å². The molecule has 0 aromatic heterocycles. The molecule has 0 fully saturated rings. The molecule has 0 saturated heterocycles. The van der Waals surface area contributed by atoms with E-state index in [4.69, 9.17) is 9.47 Å². The molecule has 2 aromatic carbocycles. The topological polar surface area (TPSA) is 35.5 Å². The van der Waals surface area contributed by atoms with Crippen molar-refractivity contribution in [2.24, 2.45) is 0 Å². The summed E-state index contributed by atoms with van der Waals surface area (Å²) in [4.78, 5) is 10.8. The third-order valence-electron chi connectivity index (χ3n) is 2.95. The van der Waals surface area contributed by atoms with E-state index in [1.165, 1.54) is 6.92 Å². The van der Waals surface area contributed by atoms with E-state index in [0.717, 1.165) is 16.7 Å². The summed E-state index contributed by atoms with van der Waals surface area (Å²) < 4.78 is 10.7. The normalized spacial score (nSPS) is 9.95. The molecule has 0 spiro atoms. The van der Waals surface area contributed by atoms with Gasteiger partial charge in [0.05, 0.1) is 0 Å². The van der Waals surface area contributed by atoms with Crippen LogP contribution < -0.4 is 0 Å². The zero-order chi connectivity index (χ0) is 15.1. The van der Waals surface area contributed by atoms with E-state index in [-0.39, 0.29) is 12.6 Å². The van der Waals surface area contributed by atoms with Crippen LogP contribution in [0.4, 0.5) is 0 Å². The van der Waals surface area contributed by atoms with Gasteiger partial charge in [-0.2, -0.15) is 0 Å². The van der Waals surface area contributed by atoms with Crippen molar-refractivity contribution in [1.29, 1.82) is 0 Å². The van der Waals surface area contributed by atoms with E-state index in [0.29, 0.717) is 12.4 Å². The largest absolute Gasteiger partial charge is 0.489 e. The maximum Gasteiger partial charge on any atom is 0.302 e. The van der Waals surface area contributed by atoms with Gasteiger partial charge in [0.15, 0.2) is 0 Å². The molecule has 0 aliphatic rings. The Bertz CT molecular complexity index is 617. The molecule has 21 heavy (non-hydrogen) atoms. The van der Waals surface area contributed by atoms with Gasteiger partial charge >= 0.3 is 5.97 Å². The Hall–Kier alpha value is -2.55. The summed E-state index contributed by atoms with van der Waals surface area (Å²) >= 11 is 0. The van der Waals surface area contributed by atoms with Crippen molar-refractivity contribution in [2.75, 3.05) is 0 Å². The van der Waals surface area contributed by atoms with Gasteiger partial charge in [-0.1, -0.05) is 55.1 Å². The summed E-state index contributed by atoms with van der Waals surface area (Å²) in [6.45, 7) is 6.08. The minimum absolute atomic E-state index is 0.259. The van der Waals surface area contributed by atoms with Gasteiger partial charge in [0.1, 0.15) is 19.0 Å². The predicted octanol–water partition coefficient (Wildman–Crippen LogP) is 3.94. The first-order chi connectivity index (χ1) is 10.1. The summed E-state index contributed by atoms with van der Waals surface area (Å²) in [6, 6.07) is 17.6. The maximum atomic E-state index is 10.8. The molecular weight excluding hydrogens is 264 g/mol. The molecule has 0 amide bonds. The number of benzene rings is 2. The van der Waals surface area contributed by atoms with Gasteiger partial charge < -0.3 is 9.47 Å². The molecule has 3 heteroatoms. The molecule has 0 heterocycles. The standard InChI is InChI=1S/C18H18O3/c1-14(20-12-16-7-4-3-5-8-16)18-10-6-9-17(11-18)13-21-15(2)19/h3-11H,1,12-13H2,2H3. The van der Waals surface area contributed by atoms with Gasteiger partial charge in [0.25, 0.3) is 0 Å². The lowest BCUT2D eigenvalue weighted by Crippen LogP contribution is -1.99. The molecule has 0 radical (unpaired) electrons. The second-order valence-corrected chi connectivity index (χ2v) is 4.68.